The Labute approximate surface area is 169 Å². The van der Waals surface area contributed by atoms with Crippen molar-refractivity contribution in [1.29, 1.82) is 5.26 Å². The highest BCUT2D eigenvalue weighted by atomic mass is 16.5. The Hall–Kier alpha value is -2.98. The molecule has 0 amide bonds. The summed E-state index contributed by atoms with van der Waals surface area (Å²) >= 11 is 0. The van der Waals surface area contributed by atoms with Crippen molar-refractivity contribution in [3.05, 3.63) is 47.4 Å². The molecule has 3 aromatic rings. The van der Waals surface area contributed by atoms with E-state index in [1.165, 1.54) is 5.56 Å². The van der Waals surface area contributed by atoms with Crippen molar-refractivity contribution < 1.29 is 9.47 Å². The van der Waals surface area contributed by atoms with Crippen LogP contribution < -0.4 is 4.74 Å². The summed E-state index contributed by atoms with van der Waals surface area (Å²) in [5.74, 6) is 0.926. The summed E-state index contributed by atoms with van der Waals surface area (Å²) in [6.07, 6.45) is 7.30. The van der Waals surface area contributed by atoms with Gasteiger partial charge < -0.3 is 9.47 Å². The Balaban J connectivity index is 1.35. The second-order valence-electron chi connectivity index (χ2n) is 7.92. The van der Waals surface area contributed by atoms with E-state index in [-0.39, 0.29) is 18.1 Å². The molecule has 0 bridgehead atoms. The summed E-state index contributed by atoms with van der Waals surface area (Å²) < 4.78 is 13.6. The number of hydrogen-bond donors (Lipinski definition) is 0. The van der Waals surface area contributed by atoms with Crippen molar-refractivity contribution in [3.8, 4) is 11.8 Å². The molecular weight excluding hydrogens is 366 g/mol. The quantitative estimate of drug-likeness (QED) is 0.673. The molecular formula is C22H23N5O2. The van der Waals surface area contributed by atoms with Gasteiger partial charge in [0.2, 0.25) is 0 Å². The van der Waals surface area contributed by atoms with E-state index in [1.807, 2.05) is 36.1 Å². The number of pyridine rings is 1. The number of aromatic nitrogens is 4. The van der Waals surface area contributed by atoms with Crippen LogP contribution in [0.15, 0.2) is 30.6 Å². The molecule has 1 aliphatic carbocycles. The largest absolute Gasteiger partial charge is 0.484 e. The van der Waals surface area contributed by atoms with Gasteiger partial charge in [0.05, 0.1) is 37.0 Å². The highest BCUT2D eigenvalue weighted by molar-refractivity contribution is 5.84. The van der Waals surface area contributed by atoms with E-state index in [2.05, 4.69) is 27.4 Å². The van der Waals surface area contributed by atoms with Crippen molar-refractivity contribution in [2.24, 2.45) is 5.92 Å². The average Bonchev–Trinajstić information content (AvgIpc) is 3.43. The normalized spacial score (nSPS) is 22.2. The maximum Gasteiger partial charge on any atom is 0.141 e. The van der Waals surface area contributed by atoms with Gasteiger partial charge in [-0.3, -0.25) is 4.98 Å². The van der Waals surface area contributed by atoms with Gasteiger partial charge in [0.25, 0.3) is 0 Å². The Morgan fingerprint density at radius 1 is 1.34 bits per heavy atom. The summed E-state index contributed by atoms with van der Waals surface area (Å²) in [4.78, 5) is 4.55. The monoisotopic (exact) mass is 389 g/mol. The molecule has 29 heavy (non-hydrogen) atoms. The number of fused-ring (bicyclic) bond motifs is 3. The van der Waals surface area contributed by atoms with Gasteiger partial charge in [0, 0.05) is 17.5 Å². The van der Waals surface area contributed by atoms with E-state index in [9.17, 15) is 0 Å². The second kappa shape index (κ2) is 7.45. The van der Waals surface area contributed by atoms with Crippen molar-refractivity contribution >= 4 is 10.9 Å². The minimum atomic E-state index is -0.217. The van der Waals surface area contributed by atoms with Crippen LogP contribution in [-0.2, 0) is 17.8 Å². The van der Waals surface area contributed by atoms with E-state index in [4.69, 9.17) is 14.7 Å². The summed E-state index contributed by atoms with van der Waals surface area (Å²) in [6, 6.07) is 8.65. The smallest absolute Gasteiger partial charge is 0.141 e. The third kappa shape index (κ3) is 3.45. The lowest BCUT2D eigenvalue weighted by Gasteiger charge is -2.19. The van der Waals surface area contributed by atoms with Crippen molar-refractivity contribution in [1.82, 2.24) is 20.0 Å². The van der Waals surface area contributed by atoms with Crippen LogP contribution in [0.2, 0.25) is 0 Å². The average molecular weight is 389 g/mol. The predicted molar refractivity (Wildman–Crippen MR) is 106 cm³/mol. The van der Waals surface area contributed by atoms with Crippen molar-refractivity contribution in [2.75, 3.05) is 6.61 Å². The Morgan fingerprint density at radius 3 is 3.14 bits per heavy atom. The fraction of sp³-hybridized carbons (Fsp3) is 0.455. The fourth-order valence-electron chi connectivity index (χ4n) is 4.35. The van der Waals surface area contributed by atoms with Gasteiger partial charge in [-0.1, -0.05) is 5.21 Å². The van der Waals surface area contributed by atoms with E-state index in [0.29, 0.717) is 6.61 Å². The summed E-state index contributed by atoms with van der Waals surface area (Å²) in [5, 5.41) is 18.8. The maximum absolute atomic E-state index is 9.11. The predicted octanol–water partition coefficient (Wildman–Crippen LogP) is 3.90. The molecule has 148 valence electrons. The van der Waals surface area contributed by atoms with Crippen LogP contribution in [0.5, 0.6) is 5.75 Å². The van der Waals surface area contributed by atoms with Gasteiger partial charge >= 0.3 is 0 Å². The van der Waals surface area contributed by atoms with Gasteiger partial charge in [-0.05, 0) is 61.9 Å². The molecule has 1 saturated carbocycles. The van der Waals surface area contributed by atoms with Crippen molar-refractivity contribution in [3.63, 3.8) is 0 Å². The molecule has 0 radical (unpaired) electrons. The highest BCUT2D eigenvalue weighted by Gasteiger charge is 2.27. The second-order valence-corrected chi connectivity index (χ2v) is 7.92. The van der Waals surface area contributed by atoms with Crippen LogP contribution in [0.4, 0.5) is 0 Å². The minimum absolute atomic E-state index is 0.129. The number of ether oxygens (including phenoxy) is 2. The molecule has 1 aliphatic heterocycles. The van der Waals surface area contributed by atoms with Gasteiger partial charge in [-0.25, -0.2) is 4.68 Å². The Morgan fingerprint density at radius 2 is 2.28 bits per heavy atom. The third-order valence-corrected chi connectivity index (χ3v) is 6.01. The molecule has 3 atom stereocenters. The van der Waals surface area contributed by atoms with Gasteiger partial charge in [-0.2, -0.15) is 5.26 Å². The molecule has 0 N–H and O–H groups in total. The fourth-order valence-corrected chi connectivity index (χ4v) is 4.35. The summed E-state index contributed by atoms with van der Waals surface area (Å²) in [7, 11) is 0. The number of rotatable bonds is 4. The summed E-state index contributed by atoms with van der Waals surface area (Å²) in [6.45, 7) is 3.35. The van der Waals surface area contributed by atoms with Crippen LogP contribution >= 0.6 is 0 Å². The van der Waals surface area contributed by atoms with E-state index >= 15 is 0 Å². The Kier molecular flexibility index (Phi) is 4.64. The minimum Gasteiger partial charge on any atom is -0.484 e. The third-order valence-electron chi connectivity index (χ3n) is 6.01. The first-order chi connectivity index (χ1) is 14.2. The van der Waals surface area contributed by atoms with Crippen LogP contribution in [0.25, 0.3) is 10.9 Å². The summed E-state index contributed by atoms with van der Waals surface area (Å²) in [5.41, 5.74) is 4.24. The molecule has 0 spiro atoms. The SMILES string of the molecule is C[C@@H](Oc1ccc2ncc3c(c2c1)CCOC3)c1cn(C2CCC(C#N)C2)nn1. The molecule has 5 rings (SSSR count). The zero-order chi connectivity index (χ0) is 19.8. The molecule has 2 aliphatic rings. The molecule has 0 saturated heterocycles. The first-order valence-corrected chi connectivity index (χ1v) is 10.2. The maximum atomic E-state index is 9.11. The molecule has 1 fully saturated rings. The zero-order valence-electron chi connectivity index (χ0n) is 16.4. The van der Waals surface area contributed by atoms with Crippen LogP contribution in [-0.4, -0.2) is 26.6 Å². The van der Waals surface area contributed by atoms with E-state index < -0.39 is 0 Å². The highest BCUT2D eigenvalue weighted by Crippen LogP contribution is 2.34. The van der Waals surface area contributed by atoms with Gasteiger partial charge in [-0.15, -0.1) is 5.10 Å². The lowest BCUT2D eigenvalue weighted by Crippen LogP contribution is -2.11. The van der Waals surface area contributed by atoms with Crippen LogP contribution in [0.3, 0.4) is 0 Å². The molecule has 2 unspecified atom stereocenters. The molecule has 3 heterocycles. The topological polar surface area (TPSA) is 85.9 Å². The number of hydrogen-bond acceptors (Lipinski definition) is 6. The van der Waals surface area contributed by atoms with Gasteiger partial charge in [0.15, 0.2) is 0 Å². The lowest BCUT2D eigenvalue weighted by molar-refractivity contribution is 0.111. The molecule has 2 aromatic heterocycles. The number of benzene rings is 1. The number of nitrogens with zero attached hydrogens (tertiary/aromatic N) is 5. The molecule has 7 heteroatoms. The first-order valence-electron chi connectivity index (χ1n) is 10.2. The van der Waals surface area contributed by atoms with Crippen molar-refractivity contribution in [2.45, 2.75) is 51.4 Å². The lowest BCUT2D eigenvalue weighted by atomic mass is 10.00. The van der Waals surface area contributed by atoms with E-state index in [0.717, 1.165) is 60.2 Å². The standard InChI is InChI=1S/C22H23N5O2/c1-14(22-12-27(26-25-22)17-3-2-15(8-17)10-23)29-18-4-5-21-20(9-18)19-6-7-28-13-16(19)11-24-21/h4-5,9,11-12,14-15,17H,2-3,6-8,13H2,1H3/t14-,15?,17?/m1/s1. The first kappa shape index (κ1) is 18.1. The molecule has 1 aromatic carbocycles. The van der Waals surface area contributed by atoms with Crippen LogP contribution in [0, 0.1) is 17.2 Å². The number of nitriles is 1. The van der Waals surface area contributed by atoms with Crippen LogP contribution in [0.1, 0.15) is 55.2 Å². The van der Waals surface area contributed by atoms with Gasteiger partial charge in [0.1, 0.15) is 17.5 Å². The van der Waals surface area contributed by atoms with E-state index in [1.54, 1.807) is 0 Å². The Bertz CT molecular complexity index is 1090. The zero-order valence-corrected chi connectivity index (χ0v) is 16.4. The molecule has 7 nitrogen and oxygen atoms in total.